The Balaban J connectivity index is 2.34. The van der Waals surface area contributed by atoms with Gasteiger partial charge in [0.05, 0.1) is 0 Å². The van der Waals surface area contributed by atoms with Crippen LogP contribution in [0.15, 0.2) is 34.1 Å². The lowest BCUT2D eigenvalue weighted by Crippen LogP contribution is -2.37. The highest BCUT2D eigenvalue weighted by atomic mass is 32.2. The Morgan fingerprint density at radius 3 is 2.05 bits per heavy atom. The van der Waals surface area contributed by atoms with Crippen LogP contribution in [0.3, 0.4) is 0 Å². The SMILES string of the molecule is NS(=O)(=O)c1ccccc1S(=O)(=O)NC1CCCCC1. The summed E-state index contributed by atoms with van der Waals surface area (Å²) in [6.45, 7) is 0. The van der Waals surface area contributed by atoms with Crippen LogP contribution >= 0.6 is 0 Å². The number of rotatable bonds is 4. The van der Waals surface area contributed by atoms with E-state index in [1.165, 1.54) is 24.3 Å². The summed E-state index contributed by atoms with van der Waals surface area (Å²) in [5.74, 6) is 0. The third kappa shape index (κ3) is 3.57. The van der Waals surface area contributed by atoms with E-state index in [-0.39, 0.29) is 15.8 Å². The molecule has 1 aliphatic rings. The summed E-state index contributed by atoms with van der Waals surface area (Å²) in [6, 6.07) is 5.24. The quantitative estimate of drug-likeness (QED) is 0.861. The number of hydrogen-bond donors (Lipinski definition) is 2. The highest BCUT2D eigenvalue weighted by molar-refractivity contribution is 7.92. The normalized spacial score (nSPS) is 18.1. The molecule has 0 heterocycles. The van der Waals surface area contributed by atoms with Crippen molar-refractivity contribution in [2.24, 2.45) is 5.14 Å². The van der Waals surface area contributed by atoms with Gasteiger partial charge in [-0.2, -0.15) is 0 Å². The Labute approximate surface area is 119 Å². The van der Waals surface area contributed by atoms with Gasteiger partial charge in [0.15, 0.2) is 0 Å². The summed E-state index contributed by atoms with van der Waals surface area (Å²) in [5, 5.41) is 5.07. The fourth-order valence-corrected chi connectivity index (χ4v) is 5.10. The summed E-state index contributed by atoms with van der Waals surface area (Å²) >= 11 is 0. The molecule has 2 rings (SSSR count). The fourth-order valence-electron chi connectivity index (χ4n) is 2.41. The molecule has 20 heavy (non-hydrogen) atoms. The zero-order chi connectivity index (χ0) is 14.8. The summed E-state index contributed by atoms with van der Waals surface area (Å²) in [7, 11) is -7.96. The van der Waals surface area contributed by atoms with E-state index in [0.717, 1.165) is 32.1 Å². The number of benzene rings is 1. The first-order valence-electron chi connectivity index (χ1n) is 6.45. The van der Waals surface area contributed by atoms with Crippen LogP contribution in [0.5, 0.6) is 0 Å². The molecule has 0 atom stereocenters. The van der Waals surface area contributed by atoms with Crippen LogP contribution in [0.2, 0.25) is 0 Å². The second-order valence-corrected chi connectivity index (χ2v) is 8.16. The van der Waals surface area contributed by atoms with Crippen molar-refractivity contribution >= 4 is 20.0 Å². The van der Waals surface area contributed by atoms with E-state index < -0.39 is 20.0 Å². The summed E-state index contributed by atoms with van der Waals surface area (Å²) in [5.41, 5.74) is 0. The molecule has 3 N–H and O–H groups in total. The molecule has 0 saturated heterocycles. The summed E-state index contributed by atoms with van der Waals surface area (Å²) in [4.78, 5) is -0.656. The molecule has 1 aromatic carbocycles. The Morgan fingerprint density at radius 2 is 1.50 bits per heavy atom. The minimum Gasteiger partial charge on any atom is -0.225 e. The van der Waals surface area contributed by atoms with E-state index in [2.05, 4.69) is 4.72 Å². The lowest BCUT2D eigenvalue weighted by molar-refractivity contribution is 0.411. The standard InChI is InChI=1S/C12H18N2O4S2/c13-19(15,16)11-8-4-5-9-12(11)20(17,18)14-10-6-2-1-3-7-10/h4-5,8-10,14H,1-3,6-7H2,(H2,13,15,16). The van der Waals surface area contributed by atoms with Crippen molar-refractivity contribution in [2.45, 2.75) is 47.9 Å². The van der Waals surface area contributed by atoms with E-state index in [1.54, 1.807) is 0 Å². The molecule has 6 nitrogen and oxygen atoms in total. The lowest BCUT2D eigenvalue weighted by atomic mass is 9.96. The molecule has 8 heteroatoms. The van der Waals surface area contributed by atoms with Crippen LogP contribution in [0.25, 0.3) is 0 Å². The smallest absolute Gasteiger partial charge is 0.225 e. The van der Waals surface area contributed by atoms with Crippen molar-refractivity contribution in [2.75, 3.05) is 0 Å². The van der Waals surface area contributed by atoms with Gasteiger partial charge in [-0.25, -0.2) is 26.7 Å². The first kappa shape index (κ1) is 15.4. The van der Waals surface area contributed by atoms with Crippen molar-refractivity contribution in [3.63, 3.8) is 0 Å². The van der Waals surface area contributed by atoms with Gasteiger partial charge in [0, 0.05) is 6.04 Å². The minimum atomic E-state index is -4.08. The maximum atomic E-state index is 12.3. The molecule has 0 spiro atoms. The van der Waals surface area contributed by atoms with Gasteiger partial charge >= 0.3 is 0 Å². The van der Waals surface area contributed by atoms with Crippen LogP contribution in [-0.4, -0.2) is 22.9 Å². The van der Waals surface area contributed by atoms with Crippen molar-refractivity contribution in [1.29, 1.82) is 0 Å². The van der Waals surface area contributed by atoms with Gasteiger partial charge in [0.2, 0.25) is 20.0 Å². The van der Waals surface area contributed by atoms with E-state index in [4.69, 9.17) is 5.14 Å². The van der Waals surface area contributed by atoms with Gasteiger partial charge < -0.3 is 0 Å². The van der Waals surface area contributed by atoms with E-state index >= 15 is 0 Å². The van der Waals surface area contributed by atoms with Gasteiger partial charge in [-0.15, -0.1) is 0 Å². The molecule has 1 aliphatic carbocycles. The van der Waals surface area contributed by atoms with Crippen molar-refractivity contribution in [3.05, 3.63) is 24.3 Å². The maximum Gasteiger partial charge on any atom is 0.242 e. The molecule has 0 amide bonds. The Bertz CT molecular complexity index is 677. The van der Waals surface area contributed by atoms with Crippen molar-refractivity contribution in [3.8, 4) is 0 Å². The fraction of sp³-hybridized carbons (Fsp3) is 0.500. The predicted molar refractivity (Wildman–Crippen MR) is 75.0 cm³/mol. The Hall–Kier alpha value is -0.960. The molecule has 1 fully saturated rings. The monoisotopic (exact) mass is 318 g/mol. The molecular weight excluding hydrogens is 300 g/mol. The Kier molecular flexibility index (Phi) is 4.48. The zero-order valence-electron chi connectivity index (χ0n) is 10.9. The predicted octanol–water partition coefficient (Wildman–Crippen LogP) is 0.945. The van der Waals surface area contributed by atoms with Crippen LogP contribution in [0, 0.1) is 0 Å². The molecule has 0 unspecified atom stereocenters. The van der Waals surface area contributed by atoms with Gasteiger partial charge in [0.25, 0.3) is 0 Å². The third-order valence-corrected chi connectivity index (χ3v) is 6.05. The molecule has 112 valence electrons. The van der Waals surface area contributed by atoms with Gasteiger partial charge in [-0.3, -0.25) is 0 Å². The average Bonchev–Trinajstić information content (AvgIpc) is 2.38. The van der Waals surface area contributed by atoms with E-state index in [9.17, 15) is 16.8 Å². The number of sulfonamides is 2. The molecule has 0 aliphatic heterocycles. The average molecular weight is 318 g/mol. The first-order chi connectivity index (χ1) is 9.31. The van der Waals surface area contributed by atoms with E-state index in [0.29, 0.717) is 0 Å². The highest BCUT2D eigenvalue weighted by Gasteiger charge is 2.27. The minimum absolute atomic E-state index is 0.137. The number of hydrogen-bond acceptors (Lipinski definition) is 4. The maximum absolute atomic E-state index is 12.3. The summed E-state index contributed by atoms with van der Waals surface area (Å²) < 4.78 is 50.2. The molecule has 0 radical (unpaired) electrons. The number of nitrogens with two attached hydrogens (primary N) is 1. The van der Waals surface area contributed by atoms with Crippen LogP contribution in [-0.2, 0) is 20.0 Å². The first-order valence-corrected chi connectivity index (χ1v) is 9.48. The Morgan fingerprint density at radius 1 is 0.950 bits per heavy atom. The second-order valence-electron chi connectivity index (χ2n) is 4.95. The zero-order valence-corrected chi connectivity index (χ0v) is 12.6. The van der Waals surface area contributed by atoms with Gasteiger partial charge in [-0.1, -0.05) is 31.4 Å². The van der Waals surface area contributed by atoms with E-state index in [1.807, 2.05) is 0 Å². The van der Waals surface area contributed by atoms with Crippen LogP contribution in [0.1, 0.15) is 32.1 Å². The molecular formula is C12H18N2O4S2. The van der Waals surface area contributed by atoms with Crippen LogP contribution < -0.4 is 9.86 Å². The largest absolute Gasteiger partial charge is 0.242 e. The van der Waals surface area contributed by atoms with Crippen LogP contribution in [0.4, 0.5) is 0 Å². The number of primary sulfonamides is 1. The lowest BCUT2D eigenvalue weighted by Gasteiger charge is -2.23. The second kappa shape index (κ2) is 5.80. The third-order valence-electron chi connectivity index (χ3n) is 3.37. The van der Waals surface area contributed by atoms with Gasteiger partial charge in [-0.05, 0) is 25.0 Å². The molecule has 0 aromatic heterocycles. The number of nitrogens with one attached hydrogen (secondary N) is 1. The van der Waals surface area contributed by atoms with Gasteiger partial charge in [0.1, 0.15) is 9.79 Å². The molecule has 1 saturated carbocycles. The highest BCUT2D eigenvalue weighted by Crippen LogP contribution is 2.23. The molecule has 1 aromatic rings. The van der Waals surface area contributed by atoms with Crippen molar-refractivity contribution in [1.82, 2.24) is 4.72 Å². The topological polar surface area (TPSA) is 106 Å². The van der Waals surface area contributed by atoms with Crippen molar-refractivity contribution < 1.29 is 16.8 Å². The summed E-state index contributed by atoms with van der Waals surface area (Å²) in [6.07, 6.45) is 4.60. The molecule has 0 bridgehead atoms.